The van der Waals surface area contributed by atoms with Crippen LogP contribution in [0.1, 0.15) is 15.9 Å². The Labute approximate surface area is 99.4 Å². The van der Waals surface area contributed by atoms with Gasteiger partial charge in [-0.05, 0) is 17.7 Å². The van der Waals surface area contributed by atoms with Crippen molar-refractivity contribution in [3.05, 3.63) is 35.4 Å². The lowest BCUT2D eigenvalue weighted by Gasteiger charge is -2.04. The molecule has 1 amide bonds. The van der Waals surface area contributed by atoms with Crippen LogP contribution in [0.4, 0.5) is 0 Å². The number of ether oxygens (including phenoxy) is 1. The quantitative estimate of drug-likeness (QED) is 0.609. The van der Waals surface area contributed by atoms with Crippen LogP contribution in [0.3, 0.4) is 0 Å². The summed E-state index contributed by atoms with van der Waals surface area (Å²) in [6, 6.07) is 6.86. The Balaban J connectivity index is 2.58. The Morgan fingerprint density at radius 1 is 1.31 bits per heavy atom. The summed E-state index contributed by atoms with van der Waals surface area (Å²) in [7, 11) is 1.34. The van der Waals surface area contributed by atoms with Gasteiger partial charge in [0.2, 0.25) is 5.91 Å². The summed E-state index contributed by atoms with van der Waals surface area (Å²) in [5.74, 6) is -0.327. The first-order chi connectivity index (χ1) is 7.67. The number of hydrogen-bond donors (Lipinski definition) is 2. The summed E-state index contributed by atoms with van der Waals surface area (Å²) < 4.78 is 4.57. The first-order valence-corrected chi connectivity index (χ1v) is 5.35. The average molecular weight is 239 g/mol. The molecule has 0 unspecified atom stereocenters. The van der Waals surface area contributed by atoms with Crippen LogP contribution in [0.2, 0.25) is 0 Å². The molecule has 0 fully saturated rings. The standard InChI is InChI=1S/C11H13NO3S/c1-15-11(14)9-4-2-8(3-5-9)6-12-10(13)7-16/h2-5,16H,6-7H2,1H3,(H,12,13). The van der Waals surface area contributed by atoms with E-state index < -0.39 is 0 Å². The van der Waals surface area contributed by atoms with E-state index in [0.717, 1.165) is 5.56 Å². The van der Waals surface area contributed by atoms with Gasteiger partial charge >= 0.3 is 5.97 Å². The van der Waals surface area contributed by atoms with Crippen LogP contribution in [0.5, 0.6) is 0 Å². The molecule has 16 heavy (non-hydrogen) atoms. The molecule has 4 nitrogen and oxygen atoms in total. The number of nitrogens with one attached hydrogen (secondary N) is 1. The number of benzene rings is 1. The molecule has 0 atom stereocenters. The Bertz CT molecular complexity index is 375. The van der Waals surface area contributed by atoms with Crippen LogP contribution in [-0.4, -0.2) is 24.7 Å². The van der Waals surface area contributed by atoms with Crippen LogP contribution in [-0.2, 0) is 16.1 Å². The van der Waals surface area contributed by atoms with Crippen molar-refractivity contribution in [2.75, 3.05) is 12.9 Å². The number of carbonyl (C=O) groups excluding carboxylic acids is 2. The van der Waals surface area contributed by atoms with Crippen molar-refractivity contribution in [1.82, 2.24) is 5.32 Å². The molecular weight excluding hydrogens is 226 g/mol. The molecule has 5 heteroatoms. The van der Waals surface area contributed by atoms with Gasteiger partial charge in [-0.15, -0.1) is 0 Å². The molecule has 1 aromatic rings. The minimum Gasteiger partial charge on any atom is -0.465 e. The maximum absolute atomic E-state index is 11.1. The zero-order chi connectivity index (χ0) is 12.0. The largest absolute Gasteiger partial charge is 0.465 e. The van der Waals surface area contributed by atoms with Gasteiger partial charge in [0.05, 0.1) is 18.4 Å². The van der Waals surface area contributed by atoms with Crippen molar-refractivity contribution in [3.63, 3.8) is 0 Å². The Kier molecular flexibility index (Phi) is 4.85. The van der Waals surface area contributed by atoms with E-state index in [1.54, 1.807) is 24.3 Å². The molecule has 1 aromatic carbocycles. The number of methoxy groups -OCH3 is 1. The minimum atomic E-state index is -0.369. The molecule has 0 radical (unpaired) electrons. The number of carbonyl (C=O) groups is 2. The highest BCUT2D eigenvalue weighted by Gasteiger charge is 2.04. The smallest absolute Gasteiger partial charge is 0.337 e. The molecule has 0 aliphatic rings. The van der Waals surface area contributed by atoms with Crippen molar-refractivity contribution < 1.29 is 14.3 Å². The number of hydrogen-bond acceptors (Lipinski definition) is 4. The van der Waals surface area contributed by atoms with E-state index in [1.165, 1.54) is 7.11 Å². The Morgan fingerprint density at radius 2 is 1.94 bits per heavy atom. The first-order valence-electron chi connectivity index (χ1n) is 4.72. The van der Waals surface area contributed by atoms with Gasteiger partial charge in [0, 0.05) is 6.54 Å². The SMILES string of the molecule is COC(=O)c1ccc(CNC(=O)CS)cc1. The number of amides is 1. The zero-order valence-electron chi connectivity index (χ0n) is 8.90. The van der Waals surface area contributed by atoms with E-state index in [0.29, 0.717) is 12.1 Å². The van der Waals surface area contributed by atoms with Crippen molar-refractivity contribution in [2.45, 2.75) is 6.54 Å². The summed E-state index contributed by atoms with van der Waals surface area (Å²) in [4.78, 5) is 22.1. The second-order valence-electron chi connectivity index (χ2n) is 3.12. The van der Waals surface area contributed by atoms with Gasteiger partial charge in [0.25, 0.3) is 0 Å². The molecule has 0 saturated carbocycles. The lowest BCUT2D eigenvalue weighted by atomic mass is 10.1. The van der Waals surface area contributed by atoms with Crippen LogP contribution >= 0.6 is 12.6 Å². The third-order valence-electron chi connectivity index (χ3n) is 2.01. The van der Waals surface area contributed by atoms with E-state index >= 15 is 0 Å². The molecule has 0 spiro atoms. The molecule has 0 aliphatic heterocycles. The Morgan fingerprint density at radius 3 is 2.44 bits per heavy atom. The number of rotatable bonds is 4. The fourth-order valence-electron chi connectivity index (χ4n) is 1.13. The van der Waals surface area contributed by atoms with Gasteiger partial charge in [-0.1, -0.05) is 12.1 Å². The molecule has 1 N–H and O–H groups in total. The van der Waals surface area contributed by atoms with E-state index in [2.05, 4.69) is 22.7 Å². The predicted molar refractivity (Wildman–Crippen MR) is 63.5 cm³/mol. The lowest BCUT2D eigenvalue weighted by molar-refractivity contribution is -0.118. The molecular formula is C11H13NO3S. The summed E-state index contributed by atoms with van der Waals surface area (Å²) >= 11 is 3.84. The maximum Gasteiger partial charge on any atom is 0.337 e. The van der Waals surface area contributed by atoms with Crippen molar-refractivity contribution in [1.29, 1.82) is 0 Å². The average Bonchev–Trinajstić information content (AvgIpc) is 2.35. The molecule has 1 rings (SSSR count). The molecule has 0 aromatic heterocycles. The van der Waals surface area contributed by atoms with Crippen molar-refractivity contribution in [3.8, 4) is 0 Å². The topological polar surface area (TPSA) is 55.4 Å². The minimum absolute atomic E-state index is 0.125. The Hall–Kier alpha value is -1.49. The molecule has 0 heterocycles. The van der Waals surface area contributed by atoms with Gasteiger partial charge in [-0.3, -0.25) is 4.79 Å². The van der Waals surface area contributed by atoms with Crippen molar-refractivity contribution >= 4 is 24.5 Å². The van der Waals surface area contributed by atoms with E-state index in [4.69, 9.17) is 0 Å². The lowest BCUT2D eigenvalue weighted by Crippen LogP contribution is -2.23. The summed E-state index contributed by atoms with van der Waals surface area (Å²) in [6.07, 6.45) is 0. The monoisotopic (exact) mass is 239 g/mol. The molecule has 0 aliphatic carbocycles. The highest BCUT2D eigenvalue weighted by atomic mass is 32.1. The van der Waals surface area contributed by atoms with E-state index in [9.17, 15) is 9.59 Å². The van der Waals surface area contributed by atoms with Crippen LogP contribution in [0.15, 0.2) is 24.3 Å². The van der Waals surface area contributed by atoms with Gasteiger partial charge in [0.15, 0.2) is 0 Å². The summed E-state index contributed by atoms with van der Waals surface area (Å²) in [5, 5.41) is 2.68. The summed E-state index contributed by atoms with van der Waals surface area (Å²) in [5.41, 5.74) is 1.41. The highest BCUT2D eigenvalue weighted by Crippen LogP contribution is 2.05. The summed E-state index contributed by atoms with van der Waals surface area (Å²) in [6.45, 7) is 0.431. The number of esters is 1. The maximum atomic E-state index is 11.1. The predicted octanol–water partition coefficient (Wildman–Crippen LogP) is 1.02. The second kappa shape index (κ2) is 6.17. The number of thiol groups is 1. The van der Waals surface area contributed by atoms with E-state index in [-0.39, 0.29) is 17.6 Å². The first kappa shape index (κ1) is 12.6. The van der Waals surface area contributed by atoms with E-state index in [1.807, 2.05) is 0 Å². The molecule has 86 valence electrons. The van der Waals surface area contributed by atoms with Gasteiger partial charge in [-0.2, -0.15) is 12.6 Å². The zero-order valence-corrected chi connectivity index (χ0v) is 9.79. The van der Waals surface area contributed by atoms with Crippen LogP contribution < -0.4 is 5.32 Å². The highest BCUT2D eigenvalue weighted by molar-refractivity contribution is 7.81. The fraction of sp³-hybridized carbons (Fsp3) is 0.273. The third-order valence-corrected chi connectivity index (χ3v) is 2.30. The third kappa shape index (κ3) is 3.58. The molecule has 0 bridgehead atoms. The second-order valence-corrected chi connectivity index (χ2v) is 3.44. The van der Waals surface area contributed by atoms with Crippen molar-refractivity contribution in [2.24, 2.45) is 0 Å². The molecule has 0 saturated heterocycles. The normalized spacial score (nSPS) is 9.62. The van der Waals surface area contributed by atoms with Crippen LogP contribution in [0.25, 0.3) is 0 Å². The van der Waals surface area contributed by atoms with Gasteiger partial charge in [-0.25, -0.2) is 4.79 Å². The van der Waals surface area contributed by atoms with Crippen LogP contribution in [0, 0.1) is 0 Å². The van der Waals surface area contributed by atoms with Gasteiger partial charge < -0.3 is 10.1 Å². The van der Waals surface area contributed by atoms with Gasteiger partial charge in [0.1, 0.15) is 0 Å². The fourth-order valence-corrected chi connectivity index (χ4v) is 1.24.